The molecule has 18 heavy (non-hydrogen) atoms. The third-order valence-electron chi connectivity index (χ3n) is 2.98. The van der Waals surface area contributed by atoms with Crippen LogP contribution in [0.2, 0.25) is 0 Å². The number of halogens is 2. The van der Waals surface area contributed by atoms with Gasteiger partial charge in [-0.25, -0.2) is 4.98 Å². The normalized spacial score (nSPS) is 15.9. The first-order chi connectivity index (χ1) is 8.70. The first-order valence-electron chi connectivity index (χ1n) is 5.91. The third kappa shape index (κ3) is 3.36. The zero-order chi connectivity index (χ0) is 13.0. The summed E-state index contributed by atoms with van der Waals surface area (Å²) in [5.74, 6) is 1.50. The lowest BCUT2D eigenvalue weighted by atomic mass is 10.3. The van der Waals surface area contributed by atoms with Crippen molar-refractivity contribution in [1.29, 1.82) is 0 Å². The van der Waals surface area contributed by atoms with Crippen LogP contribution in [-0.4, -0.2) is 47.9 Å². The molecule has 0 bridgehead atoms. The van der Waals surface area contributed by atoms with E-state index < -0.39 is 0 Å². The van der Waals surface area contributed by atoms with Crippen molar-refractivity contribution in [3.8, 4) is 0 Å². The second-order valence-corrected chi connectivity index (χ2v) is 5.44. The standard InChI is InChI=1S/C12H15BrClN3O/c13-10-1-2-11(15-9-10)16-5-7-17(8-6-16)12(18)3-4-14/h1-2,9H,3-8H2. The molecule has 98 valence electrons. The molecular weight excluding hydrogens is 318 g/mol. The fraction of sp³-hybridized carbons (Fsp3) is 0.500. The van der Waals surface area contributed by atoms with Crippen molar-refractivity contribution in [3.05, 3.63) is 22.8 Å². The van der Waals surface area contributed by atoms with Crippen molar-refractivity contribution in [2.24, 2.45) is 0 Å². The van der Waals surface area contributed by atoms with Gasteiger partial charge in [-0.15, -0.1) is 11.6 Å². The SMILES string of the molecule is O=C(CCCl)N1CCN(c2ccc(Br)cn2)CC1. The zero-order valence-corrected chi connectivity index (χ0v) is 12.3. The number of anilines is 1. The molecule has 1 aliphatic rings. The lowest BCUT2D eigenvalue weighted by molar-refractivity contribution is -0.131. The van der Waals surface area contributed by atoms with Gasteiger partial charge in [-0.3, -0.25) is 4.79 Å². The van der Waals surface area contributed by atoms with E-state index in [9.17, 15) is 4.79 Å². The highest BCUT2D eigenvalue weighted by atomic mass is 79.9. The second-order valence-electron chi connectivity index (χ2n) is 4.14. The van der Waals surface area contributed by atoms with Gasteiger partial charge in [0.15, 0.2) is 0 Å². The van der Waals surface area contributed by atoms with Gasteiger partial charge in [0.05, 0.1) is 0 Å². The summed E-state index contributed by atoms with van der Waals surface area (Å²) in [5, 5.41) is 0. The molecule has 1 aliphatic heterocycles. The van der Waals surface area contributed by atoms with Crippen molar-refractivity contribution >= 4 is 39.3 Å². The number of hydrogen-bond acceptors (Lipinski definition) is 3. The Bertz CT molecular complexity index is 404. The Hall–Kier alpha value is -0.810. The van der Waals surface area contributed by atoms with Crippen LogP contribution >= 0.6 is 27.5 Å². The van der Waals surface area contributed by atoms with Gasteiger partial charge in [0, 0.05) is 49.1 Å². The van der Waals surface area contributed by atoms with Crippen LogP contribution in [0.3, 0.4) is 0 Å². The number of amides is 1. The highest BCUT2D eigenvalue weighted by Crippen LogP contribution is 2.16. The Kier molecular flexibility index (Phi) is 4.83. The van der Waals surface area contributed by atoms with Gasteiger partial charge in [-0.2, -0.15) is 0 Å². The van der Waals surface area contributed by atoms with E-state index in [2.05, 4.69) is 25.8 Å². The van der Waals surface area contributed by atoms with Gasteiger partial charge in [-0.05, 0) is 28.1 Å². The van der Waals surface area contributed by atoms with E-state index in [1.165, 1.54) is 0 Å². The minimum atomic E-state index is 0.147. The number of alkyl halides is 1. The molecule has 0 spiro atoms. The van der Waals surface area contributed by atoms with Crippen LogP contribution in [-0.2, 0) is 4.79 Å². The average Bonchev–Trinajstić information content (AvgIpc) is 2.40. The third-order valence-corrected chi connectivity index (χ3v) is 3.63. The number of hydrogen-bond donors (Lipinski definition) is 0. The summed E-state index contributed by atoms with van der Waals surface area (Å²) in [4.78, 5) is 20.1. The van der Waals surface area contributed by atoms with Crippen LogP contribution in [0.15, 0.2) is 22.8 Å². The van der Waals surface area contributed by atoms with Crippen molar-refractivity contribution in [3.63, 3.8) is 0 Å². The Morgan fingerprint density at radius 3 is 2.61 bits per heavy atom. The summed E-state index contributed by atoms with van der Waals surface area (Å²) < 4.78 is 0.974. The number of carbonyl (C=O) groups is 1. The molecule has 4 nitrogen and oxygen atoms in total. The molecule has 0 atom stereocenters. The van der Waals surface area contributed by atoms with Gasteiger partial charge in [0.1, 0.15) is 5.82 Å². The minimum Gasteiger partial charge on any atom is -0.353 e. The number of piperazine rings is 1. The van der Waals surface area contributed by atoms with Gasteiger partial charge < -0.3 is 9.80 Å². The van der Waals surface area contributed by atoms with E-state index in [0.717, 1.165) is 36.5 Å². The molecule has 2 heterocycles. The van der Waals surface area contributed by atoms with Crippen LogP contribution in [0.1, 0.15) is 6.42 Å². The second kappa shape index (κ2) is 6.38. The molecule has 6 heteroatoms. The average molecular weight is 333 g/mol. The first kappa shape index (κ1) is 13.6. The van der Waals surface area contributed by atoms with Crippen LogP contribution in [0.4, 0.5) is 5.82 Å². The quantitative estimate of drug-likeness (QED) is 0.796. The molecule has 0 N–H and O–H groups in total. The molecular formula is C12H15BrClN3O. The lowest BCUT2D eigenvalue weighted by Crippen LogP contribution is -2.49. The molecule has 1 amide bonds. The highest BCUT2D eigenvalue weighted by Gasteiger charge is 2.21. The van der Waals surface area contributed by atoms with E-state index in [4.69, 9.17) is 11.6 Å². The Balaban J connectivity index is 1.90. The number of pyridine rings is 1. The highest BCUT2D eigenvalue weighted by molar-refractivity contribution is 9.10. The van der Waals surface area contributed by atoms with Gasteiger partial charge >= 0.3 is 0 Å². The summed E-state index contributed by atoms with van der Waals surface area (Å²) in [5.41, 5.74) is 0. The monoisotopic (exact) mass is 331 g/mol. The molecule has 0 radical (unpaired) electrons. The van der Waals surface area contributed by atoms with Crippen molar-refractivity contribution < 1.29 is 4.79 Å². The van der Waals surface area contributed by atoms with E-state index in [1.807, 2.05) is 17.0 Å². The lowest BCUT2D eigenvalue weighted by Gasteiger charge is -2.35. The summed E-state index contributed by atoms with van der Waals surface area (Å²) in [6, 6.07) is 3.97. The molecule has 1 aromatic rings. The van der Waals surface area contributed by atoms with Crippen LogP contribution < -0.4 is 4.90 Å². The summed E-state index contributed by atoms with van der Waals surface area (Å²) in [6.07, 6.45) is 2.22. The molecule has 1 aromatic heterocycles. The summed E-state index contributed by atoms with van der Waals surface area (Å²) in [7, 11) is 0. The number of nitrogens with zero attached hydrogens (tertiary/aromatic N) is 3. The molecule has 1 fully saturated rings. The maximum atomic E-state index is 11.7. The maximum absolute atomic E-state index is 11.7. The van der Waals surface area contributed by atoms with E-state index >= 15 is 0 Å². The Morgan fingerprint density at radius 2 is 2.06 bits per heavy atom. The summed E-state index contributed by atoms with van der Waals surface area (Å²) >= 11 is 8.95. The fourth-order valence-corrected chi connectivity index (χ4v) is 2.38. The molecule has 0 saturated carbocycles. The van der Waals surface area contributed by atoms with Crippen molar-refractivity contribution in [2.45, 2.75) is 6.42 Å². The van der Waals surface area contributed by atoms with E-state index in [-0.39, 0.29) is 5.91 Å². The van der Waals surface area contributed by atoms with E-state index in [1.54, 1.807) is 6.20 Å². The van der Waals surface area contributed by atoms with Gasteiger partial charge in [-0.1, -0.05) is 0 Å². The molecule has 1 saturated heterocycles. The number of rotatable bonds is 3. The number of aromatic nitrogens is 1. The smallest absolute Gasteiger partial charge is 0.223 e. The van der Waals surface area contributed by atoms with Crippen LogP contribution in [0.5, 0.6) is 0 Å². The van der Waals surface area contributed by atoms with Crippen molar-refractivity contribution in [1.82, 2.24) is 9.88 Å². The Labute approximate surface area is 120 Å². The predicted molar refractivity (Wildman–Crippen MR) is 76.1 cm³/mol. The molecule has 0 aromatic carbocycles. The largest absolute Gasteiger partial charge is 0.353 e. The van der Waals surface area contributed by atoms with E-state index in [0.29, 0.717) is 12.3 Å². The van der Waals surface area contributed by atoms with Crippen LogP contribution in [0.25, 0.3) is 0 Å². The fourth-order valence-electron chi connectivity index (χ4n) is 1.98. The zero-order valence-electron chi connectivity index (χ0n) is 9.98. The summed E-state index contributed by atoms with van der Waals surface area (Å²) in [6.45, 7) is 3.13. The first-order valence-corrected chi connectivity index (χ1v) is 7.23. The molecule has 0 unspecified atom stereocenters. The van der Waals surface area contributed by atoms with Crippen LogP contribution in [0, 0.1) is 0 Å². The van der Waals surface area contributed by atoms with Gasteiger partial charge in [0.25, 0.3) is 0 Å². The maximum Gasteiger partial charge on any atom is 0.223 e. The molecule has 0 aliphatic carbocycles. The minimum absolute atomic E-state index is 0.147. The molecule has 2 rings (SSSR count). The van der Waals surface area contributed by atoms with Crippen molar-refractivity contribution in [2.75, 3.05) is 37.0 Å². The predicted octanol–water partition coefficient (Wildman–Crippen LogP) is 2.12. The number of carbonyl (C=O) groups excluding carboxylic acids is 1. The topological polar surface area (TPSA) is 36.4 Å². The van der Waals surface area contributed by atoms with Gasteiger partial charge in [0.2, 0.25) is 5.91 Å². The Morgan fingerprint density at radius 1 is 1.33 bits per heavy atom.